The number of fused-ring (bicyclic) bond motifs is 1. The summed E-state index contributed by atoms with van der Waals surface area (Å²) in [6, 6.07) is 13.7. The predicted molar refractivity (Wildman–Crippen MR) is 67.3 cm³/mol. The Balaban J connectivity index is 2.54. The van der Waals surface area contributed by atoms with Gasteiger partial charge in [-0.1, -0.05) is 48.4 Å². The van der Waals surface area contributed by atoms with E-state index in [9.17, 15) is 4.79 Å². The van der Waals surface area contributed by atoms with Crippen LogP contribution in [0.5, 0.6) is 0 Å². The largest absolute Gasteiger partial charge is 0.444 e. The maximum Gasteiger partial charge on any atom is 0.304 e. The van der Waals surface area contributed by atoms with Crippen molar-refractivity contribution in [2.24, 2.45) is 0 Å². The van der Waals surface area contributed by atoms with Gasteiger partial charge in [0.15, 0.2) is 6.10 Å². The Morgan fingerprint density at radius 1 is 1.24 bits per heavy atom. The minimum Gasteiger partial charge on any atom is -0.444 e. The van der Waals surface area contributed by atoms with Crippen molar-refractivity contribution in [1.82, 2.24) is 0 Å². The molecule has 17 heavy (non-hydrogen) atoms. The van der Waals surface area contributed by atoms with Crippen LogP contribution in [0, 0.1) is 12.3 Å². The van der Waals surface area contributed by atoms with Crippen molar-refractivity contribution in [3.63, 3.8) is 0 Å². The second-order valence-electron chi connectivity index (χ2n) is 3.72. The maximum atomic E-state index is 11.0. The summed E-state index contributed by atoms with van der Waals surface area (Å²) in [7, 11) is 0. The van der Waals surface area contributed by atoms with Gasteiger partial charge >= 0.3 is 5.97 Å². The van der Waals surface area contributed by atoms with E-state index in [0.717, 1.165) is 16.3 Å². The summed E-state index contributed by atoms with van der Waals surface area (Å²) in [6.45, 7) is 1.36. The molecule has 0 spiro atoms. The monoisotopic (exact) mass is 224 g/mol. The first-order chi connectivity index (χ1) is 8.22. The molecule has 1 atom stereocenters. The van der Waals surface area contributed by atoms with Gasteiger partial charge in [-0.25, -0.2) is 0 Å². The van der Waals surface area contributed by atoms with E-state index >= 15 is 0 Å². The average Bonchev–Trinajstić information content (AvgIpc) is 2.35. The van der Waals surface area contributed by atoms with Crippen LogP contribution in [0.2, 0.25) is 0 Å². The van der Waals surface area contributed by atoms with Crippen molar-refractivity contribution in [2.45, 2.75) is 13.0 Å². The third-order valence-corrected chi connectivity index (χ3v) is 2.54. The highest BCUT2D eigenvalue weighted by Crippen LogP contribution is 2.26. The van der Waals surface area contributed by atoms with Crippen LogP contribution < -0.4 is 0 Å². The van der Waals surface area contributed by atoms with Gasteiger partial charge in [0.05, 0.1) is 0 Å². The third kappa shape index (κ3) is 2.29. The molecule has 0 fully saturated rings. The standard InChI is InChI=1S/C15H12O2/c1-3-15(17-11(2)16)14-10-6-8-12-7-4-5-9-13(12)14/h1,4-10,15H,2H3/t15-/m1/s1. The Morgan fingerprint density at radius 3 is 2.65 bits per heavy atom. The third-order valence-electron chi connectivity index (χ3n) is 2.54. The number of esters is 1. The Bertz CT molecular complexity index is 588. The molecule has 2 nitrogen and oxygen atoms in total. The van der Waals surface area contributed by atoms with Gasteiger partial charge in [0.1, 0.15) is 0 Å². The van der Waals surface area contributed by atoms with Crippen molar-refractivity contribution in [3.8, 4) is 12.3 Å². The molecule has 2 aromatic carbocycles. The minimum absolute atomic E-state index is 0.374. The number of hydrogen-bond acceptors (Lipinski definition) is 2. The fourth-order valence-electron chi connectivity index (χ4n) is 1.83. The highest BCUT2D eigenvalue weighted by atomic mass is 16.5. The van der Waals surface area contributed by atoms with E-state index in [0.29, 0.717) is 0 Å². The van der Waals surface area contributed by atoms with Gasteiger partial charge in [0.2, 0.25) is 0 Å². The van der Waals surface area contributed by atoms with Gasteiger partial charge in [-0.2, -0.15) is 0 Å². The molecule has 0 aromatic heterocycles. The molecule has 0 aliphatic heterocycles. The van der Waals surface area contributed by atoms with E-state index < -0.39 is 6.10 Å². The van der Waals surface area contributed by atoms with Crippen LogP contribution >= 0.6 is 0 Å². The average molecular weight is 224 g/mol. The van der Waals surface area contributed by atoms with Crippen molar-refractivity contribution in [1.29, 1.82) is 0 Å². The molecule has 0 heterocycles. The number of hydrogen-bond donors (Lipinski definition) is 0. The first-order valence-corrected chi connectivity index (χ1v) is 5.33. The summed E-state index contributed by atoms with van der Waals surface area (Å²) in [4.78, 5) is 11.0. The van der Waals surface area contributed by atoms with Crippen LogP contribution in [0.1, 0.15) is 18.6 Å². The van der Waals surface area contributed by atoms with Gasteiger partial charge in [-0.05, 0) is 10.8 Å². The summed E-state index contributed by atoms with van der Waals surface area (Å²) >= 11 is 0. The quantitative estimate of drug-likeness (QED) is 0.579. The van der Waals surface area contributed by atoms with Crippen molar-refractivity contribution >= 4 is 16.7 Å². The number of terminal acetylenes is 1. The van der Waals surface area contributed by atoms with Crippen molar-refractivity contribution in [2.75, 3.05) is 0 Å². The lowest BCUT2D eigenvalue weighted by Gasteiger charge is -2.13. The highest BCUT2D eigenvalue weighted by molar-refractivity contribution is 5.86. The SMILES string of the molecule is C#C[C@@H](OC(C)=O)c1cccc2ccccc12. The molecule has 0 saturated heterocycles. The zero-order valence-electron chi connectivity index (χ0n) is 9.51. The van der Waals surface area contributed by atoms with E-state index in [1.165, 1.54) is 6.92 Å². The molecule has 0 radical (unpaired) electrons. The van der Waals surface area contributed by atoms with Gasteiger partial charge in [-0.15, -0.1) is 6.42 Å². The van der Waals surface area contributed by atoms with Crippen molar-refractivity contribution in [3.05, 3.63) is 48.0 Å². The normalized spacial score (nSPS) is 11.8. The van der Waals surface area contributed by atoms with E-state index in [2.05, 4.69) is 5.92 Å². The van der Waals surface area contributed by atoms with Crippen LogP contribution in [0.3, 0.4) is 0 Å². The molecule has 2 aromatic rings. The smallest absolute Gasteiger partial charge is 0.304 e. The number of carbonyl (C=O) groups is 1. The van der Waals surface area contributed by atoms with E-state index in [1.807, 2.05) is 42.5 Å². The van der Waals surface area contributed by atoms with Gasteiger partial charge in [0, 0.05) is 12.5 Å². The molecular formula is C15H12O2. The minimum atomic E-state index is -0.626. The zero-order valence-corrected chi connectivity index (χ0v) is 9.51. The molecule has 0 N–H and O–H groups in total. The molecule has 2 heteroatoms. The molecular weight excluding hydrogens is 212 g/mol. The van der Waals surface area contributed by atoms with Crippen LogP contribution in [0.25, 0.3) is 10.8 Å². The van der Waals surface area contributed by atoms with Crippen molar-refractivity contribution < 1.29 is 9.53 Å². The first-order valence-electron chi connectivity index (χ1n) is 5.33. The fraction of sp³-hybridized carbons (Fsp3) is 0.133. The molecule has 0 unspecified atom stereocenters. The second kappa shape index (κ2) is 4.71. The lowest BCUT2D eigenvalue weighted by molar-refractivity contribution is -0.143. The van der Waals surface area contributed by atoms with Gasteiger partial charge < -0.3 is 4.74 Å². The number of ether oxygens (including phenoxy) is 1. The molecule has 0 saturated carbocycles. The number of carbonyl (C=O) groups excluding carboxylic acids is 1. The summed E-state index contributed by atoms with van der Waals surface area (Å²) in [5.41, 5.74) is 0.848. The predicted octanol–water partition coefficient (Wildman–Crippen LogP) is 3.08. The lowest BCUT2D eigenvalue weighted by atomic mass is 10.0. The summed E-state index contributed by atoms with van der Waals surface area (Å²) < 4.78 is 5.12. The second-order valence-corrected chi connectivity index (χ2v) is 3.72. The Kier molecular flexibility index (Phi) is 3.11. The van der Waals surface area contributed by atoms with Crippen LogP contribution in [-0.2, 0) is 9.53 Å². The Hall–Kier alpha value is -2.27. The topological polar surface area (TPSA) is 26.3 Å². The molecule has 0 bridgehead atoms. The van der Waals surface area contributed by atoms with Gasteiger partial charge in [-0.3, -0.25) is 4.79 Å². The highest BCUT2D eigenvalue weighted by Gasteiger charge is 2.13. The number of benzene rings is 2. The molecule has 0 aliphatic carbocycles. The van der Waals surface area contributed by atoms with Gasteiger partial charge in [0.25, 0.3) is 0 Å². The van der Waals surface area contributed by atoms with Crippen LogP contribution in [-0.4, -0.2) is 5.97 Å². The summed E-state index contributed by atoms with van der Waals surface area (Å²) in [5, 5.41) is 2.09. The Morgan fingerprint density at radius 2 is 1.94 bits per heavy atom. The zero-order chi connectivity index (χ0) is 12.3. The van der Waals surface area contributed by atoms with E-state index in [-0.39, 0.29) is 5.97 Å². The lowest BCUT2D eigenvalue weighted by Crippen LogP contribution is -2.06. The van der Waals surface area contributed by atoms with Crippen LogP contribution in [0.15, 0.2) is 42.5 Å². The van der Waals surface area contributed by atoms with E-state index in [1.54, 1.807) is 0 Å². The van der Waals surface area contributed by atoms with Crippen LogP contribution in [0.4, 0.5) is 0 Å². The van der Waals surface area contributed by atoms with E-state index in [4.69, 9.17) is 11.2 Å². The first kappa shape index (κ1) is 11.2. The molecule has 84 valence electrons. The summed E-state index contributed by atoms with van der Waals surface area (Å²) in [6.07, 6.45) is 4.79. The fourth-order valence-corrected chi connectivity index (χ4v) is 1.83. The molecule has 0 aliphatic rings. The number of rotatable bonds is 2. The molecule has 0 amide bonds. The summed E-state index contributed by atoms with van der Waals surface area (Å²) in [5.74, 6) is 2.12. The Labute approximate surface area is 100 Å². The maximum absolute atomic E-state index is 11.0. The molecule has 2 rings (SSSR count).